The first-order chi connectivity index (χ1) is 13.6. The molecule has 0 spiro atoms. The van der Waals surface area contributed by atoms with Gasteiger partial charge in [-0.1, -0.05) is 29.8 Å². The molecule has 1 atom stereocenters. The molecule has 0 fully saturated rings. The molecule has 0 saturated heterocycles. The zero-order chi connectivity index (χ0) is 21.6. The molecule has 29 heavy (non-hydrogen) atoms. The molecule has 152 valence electrons. The van der Waals surface area contributed by atoms with Crippen LogP contribution in [0.4, 0.5) is 5.69 Å². The second-order valence-electron chi connectivity index (χ2n) is 6.74. The number of aryl methyl sites for hydroxylation is 2. The van der Waals surface area contributed by atoms with E-state index in [0.717, 1.165) is 11.1 Å². The minimum atomic E-state index is -3.51. The van der Waals surface area contributed by atoms with Crippen LogP contribution in [0.5, 0.6) is 0 Å². The number of amides is 1. The molecular weight excluding hydrogens is 392 g/mol. The first-order valence-corrected chi connectivity index (χ1v) is 10.7. The molecule has 1 amide bonds. The van der Waals surface area contributed by atoms with Gasteiger partial charge >= 0.3 is 5.97 Å². The summed E-state index contributed by atoms with van der Waals surface area (Å²) in [6.07, 6.45) is -1.01. The molecule has 0 unspecified atom stereocenters. The molecule has 0 aromatic heterocycles. The lowest BCUT2D eigenvalue weighted by Gasteiger charge is -2.15. The van der Waals surface area contributed by atoms with Gasteiger partial charge in [0.1, 0.15) is 5.75 Å². The molecule has 2 rings (SSSR count). The van der Waals surface area contributed by atoms with E-state index in [2.05, 4.69) is 5.32 Å². The number of carbonyl (C=O) groups excluding carboxylic acids is 2. The highest BCUT2D eigenvalue weighted by molar-refractivity contribution is 7.90. The van der Waals surface area contributed by atoms with E-state index in [0.29, 0.717) is 11.3 Å². The van der Waals surface area contributed by atoms with E-state index in [1.54, 1.807) is 12.1 Å². The smallest absolute Gasteiger partial charge is 0.338 e. The van der Waals surface area contributed by atoms with Crippen molar-refractivity contribution in [3.05, 3.63) is 64.7 Å². The number of hydrogen-bond acceptors (Lipinski definition) is 6. The molecular formula is C21H22N2O5S. The Morgan fingerprint density at radius 3 is 2.38 bits per heavy atom. The predicted octanol–water partition coefficient (Wildman–Crippen LogP) is 2.93. The van der Waals surface area contributed by atoms with E-state index in [1.807, 2.05) is 26.0 Å². The number of nitriles is 1. The van der Waals surface area contributed by atoms with Crippen molar-refractivity contribution in [3.8, 4) is 6.07 Å². The largest absolute Gasteiger partial charge is 0.449 e. The molecule has 2 aromatic rings. The van der Waals surface area contributed by atoms with E-state index in [1.165, 1.54) is 31.2 Å². The van der Waals surface area contributed by atoms with Crippen molar-refractivity contribution in [1.29, 1.82) is 5.26 Å². The van der Waals surface area contributed by atoms with E-state index in [-0.39, 0.29) is 11.3 Å². The summed E-state index contributed by atoms with van der Waals surface area (Å²) in [5.41, 5.74) is 3.27. The molecule has 0 aliphatic heterocycles. The van der Waals surface area contributed by atoms with Gasteiger partial charge in [0.05, 0.1) is 17.4 Å². The first kappa shape index (κ1) is 22.1. The highest BCUT2D eigenvalue weighted by atomic mass is 32.2. The molecule has 7 nitrogen and oxygen atoms in total. The Morgan fingerprint density at radius 1 is 1.14 bits per heavy atom. The highest BCUT2D eigenvalue weighted by Crippen LogP contribution is 2.17. The van der Waals surface area contributed by atoms with Gasteiger partial charge in [0, 0.05) is 5.69 Å². The fourth-order valence-corrected chi connectivity index (χ4v) is 3.61. The first-order valence-electron chi connectivity index (χ1n) is 8.86. The van der Waals surface area contributed by atoms with Gasteiger partial charge in [-0.15, -0.1) is 0 Å². The number of nitrogens with zero attached hydrogens (tertiary/aromatic N) is 1. The van der Waals surface area contributed by atoms with Crippen molar-refractivity contribution in [2.45, 2.75) is 32.6 Å². The Morgan fingerprint density at radius 2 is 1.79 bits per heavy atom. The Kier molecular flexibility index (Phi) is 7.13. The average Bonchev–Trinajstić information content (AvgIpc) is 2.64. The lowest BCUT2D eigenvalue weighted by atomic mass is 10.1. The van der Waals surface area contributed by atoms with E-state index >= 15 is 0 Å². The molecule has 2 aromatic carbocycles. The Balaban J connectivity index is 1.98. The van der Waals surface area contributed by atoms with Crippen LogP contribution in [0.2, 0.25) is 0 Å². The Hall–Kier alpha value is -3.18. The third kappa shape index (κ3) is 6.43. The van der Waals surface area contributed by atoms with Gasteiger partial charge in [0.25, 0.3) is 5.91 Å². The standard InChI is InChI=1S/C21H22N2O5S/c1-14-4-9-19(15(2)12-14)23-20(24)16(3)28-21(25)18-7-5-17(6-8-18)13-29(26,27)11-10-22/h4-9,12,16H,11,13H2,1-3H3,(H,23,24)/t16-/m0/s1. The summed E-state index contributed by atoms with van der Waals surface area (Å²) in [5, 5.41) is 11.3. The topological polar surface area (TPSA) is 113 Å². The molecule has 1 N–H and O–H groups in total. The van der Waals surface area contributed by atoms with Crippen LogP contribution < -0.4 is 5.32 Å². The summed E-state index contributed by atoms with van der Waals surface area (Å²) in [7, 11) is -3.51. The van der Waals surface area contributed by atoms with Crippen molar-refractivity contribution < 1.29 is 22.7 Å². The fraction of sp³-hybridized carbons (Fsp3) is 0.286. The van der Waals surface area contributed by atoms with Crippen LogP contribution >= 0.6 is 0 Å². The van der Waals surface area contributed by atoms with Crippen molar-refractivity contribution >= 4 is 27.4 Å². The zero-order valence-corrected chi connectivity index (χ0v) is 17.2. The van der Waals surface area contributed by atoms with Crippen molar-refractivity contribution in [2.75, 3.05) is 11.1 Å². The summed E-state index contributed by atoms with van der Waals surface area (Å²) in [5.74, 6) is -2.00. The lowest BCUT2D eigenvalue weighted by molar-refractivity contribution is -0.123. The molecule has 8 heteroatoms. The SMILES string of the molecule is Cc1ccc(NC(=O)[C@H](C)OC(=O)c2ccc(CS(=O)(=O)CC#N)cc2)c(C)c1. The van der Waals surface area contributed by atoms with Gasteiger partial charge in [-0.25, -0.2) is 13.2 Å². The Bertz CT molecular complexity index is 1050. The fourth-order valence-electron chi connectivity index (χ4n) is 2.61. The van der Waals surface area contributed by atoms with Crippen LogP contribution in [0.1, 0.15) is 34.0 Å². The van der Waals surface area contributed by atoms with Gasteiger partial charge in [-0.2, -0.15) is 5.26 Å². The van der Waals surface area contributed by atoms with Crippen molar-refractivity contribution in [2.24, 2.45) is 0 Å². The van der Waals surface area contributed by atoms with E-state index in [9.17, 15) is 18.0 Å². The number of sulfone groups is 1. The summed E-state index contributed by atoms with van der Waals surface area (Å²) >= 11 is 0. The van der Waals surface area contributed by atoms with Crippen LogP contribution in [0.15, 0.2) is 42.5 Å². The average molecular weight is 414 g/mol. The maximum absolute atomic E-state index is 12.3. The summed E-state index contributed by atoms with van der Waals surface area (Å²) in [6.45, 7) is 5.30. The van der Waals surface area contributed by atoms with Gasteiger partial charge in [-0.3, -0.25) is 4.79 Å². The lowest BCUT2D eigenvalue weighted by Crippen LogP contribution is -2.30. The van der Waals surface area contributed by atoms with Gasteiger partial charge in [0.2, 0.25) is 0 Å². The molecule has 0 aliphatic rings. The predicted molar refractivity (Wildman–Crippen MR) is 109 cm³/mol. The third-order valence-electron chi connectivity index (χ3n) is 4.15. The molecule has 0 bridgehead atoms. The number of rotatable bonds is 7. The van der Waals surface area contributed by atoms with Crippen LogP contribution in [-0.4, -0.2) is 32.2 Å². The molecule has 0 heterocycles. The van der Waals surface area contributed by atoms with Gasteiger partial charge < -0.3 is 10.1 Å². The normalized spacial score (nSPS) is 11.9. The van der Waals surface area contributed by atoms with Crippen LogP contribution in [0.3, 0.4) is 0 Å². The van der Waals surface area contributed by atoms with Gasteiger partial charge in [-0.05, 0) is 50.1 Å². The quantitative estimate of drug-likeness (QED) is 0.697. The number of nitrogens with one attached hydrogen (secondary N) is 1. The monoisotopic (exact) mass is 414 g/mol. The minimum absolute atomic E-state index is 0.192. The molecule has 0 aliphatic carbocycles. The molecule has 0 radical (unpaired) electrons. The van der Waals surface area contributed by atoms with Gasteiger partial charge in [0.15, 0.2) is 15.9 Å². The Labute approximate surface area is 170 Å². The van der Waals surface area contributed by atoms with Crippen molar-refractivity contribution in [1.82, 2.24) is 0 Å². The maximum Gasteiger partial charge on any atom is 0.338 e. The summed E-state index contributed by atoms with van der Waals surface area (Å²) in [4.78, 5) is 24.6. The summed E-state index contributed by atoms with van der Waals surface area (Å²) in [6, 6.07) is 13.0. The van der Waals surface area contributed by atoms with Crippen LogP contribution in [-0.2, 0) is 25.1 Å². The highest BCUT2D eigenvalue weighted by Gasteiger charge is 2.20. The second-order valence-corrected chi connectivity index (χ2v) is 8.81. The van der Waals surface area contributed by atoms with E-state index < -0.39 is 33.6 Å². The number of carbonyl (C=O) groups is 2. The summed E-state index contributed by atoms with van der Waals surface area (Å²) < 4.78 is 28.5. The van der Waals surface area contributed by atoms with Crippen LogP contribution in [0, 0.1) is 25.2 Å². The minimum Gasteiger partial charge on any atom is -0.449 e. The van der Waals surface area contributed by atoms with Crippen molar-refractivity contribution in [3.63, 3.8) is 0 Å². The second kappa shape index (κ2) is 9.34. The number of hydrogen-bond donors (Lipinski definition) is 1. The third-order valence-corrected chi connectivity index (χ3v) is 5.50. The van der Waals surface area contributed by atoms with E-state index in [4.69, 9.17) is 10.00 Å². The zero-order valence-electron chi connectivity index (χ0n) is 16.4. The van der Waals surface area contributed by atoms with Crippen LogP contribution in [0.25, 0.3) is 0 Å². The number of esters is 1. The molecule has 0 saturated carbocycles. The number of ether oxygens (including phenoxy) is 1. The number of benzene rings is 2. The maximum atomic E-state index is 12.3. The number of anilines is 1.